The van der Waals surface area contributed by atoms with Crippen molar-refractivity contribution in [2.75, 3.05) is 32.7 Å². The van der Waals surface area contributed by atoms with Crippen LogP contribution in [0.15, 0.2) is 0 Å². The van der Waals surface area contributed by atoms with E-state index in [1.165, 1.54) is 71.2 Å². The van der Waals surface area contributed by atoms with Crippen LogP contribution in [-0.2, 0) is 0 Å². The Morgan fingerprint density at radius 1 is 1.06 bits per heavy atom. The molecular formula is C15H29N3. The third kappa shape index (κ3) is 3.46. The lowest BCUT2D eigenvalue weighted by atomic mass is 10.1. The smallest absolute Gasteiger partial charge is 0.0210 e. The van der Waals surface area contributed by atoms with Crippen LogP contribution in [0.1, 0.15) is 45.4 Å². The van der Waals surface area contributed by atoms with Gasteiger partial charge >= 0.3 is 0 Å². The van der Waals surface area contributed by atoms with Crippen molar-refractivity contribution in [2.45, 2.75) is 63.6 Å². The Labute approximate surface area is 112 Å². The van der Waals surface area contributed by atoms with Crippen molar-refractivity contribution in [1.29, 1.82) is 0 Å². The number of hydrogen-bond acceptors (Lipinski definition) is 3. The molecule has 3 heteroatoms. The van der Waals surface area contributed by atoms with Crippen molar-refractivity contribution in [3.63, 3.8) is 0 Å². The van der Waals surface area contributed by atoms with E-state index in [-0.39, 0.29) is 0 Å². The van der Waals surface area contributed by atoms with Gasteiger partial charge in [0.15, 0.2) is 0 Å². The fraction of sp³-hybridized carbons (Fsp3) is 1.00. The minimum absolute atomic E-state index is 0.659. The van der Waals surface area contributed by atoms with Crippen molar-refractivity contribution < 1.29 is 0 Å². The predicted molar refractivity (Wildman–Crippen MR) is 75.9 cm³/mol. The molecule has 1 saturated carbocycles. The molecule has 0 aromatic carbocycles. The number of piperidine rings is 1. The fourth-order valence-electron chi connectivity index (χ4n) is 3.68. The maximum absolute atomic E-state index is 3.86. The third-order valence-electron chi connectivity index (χ3n) is 4.78. The largest absolute Gasteiger partial charge is 0.309 e. The van der Waals surface area contributed by atoms with E-state index >= 15 is 0 Å². The van der Waals surface area contributed by atoms with Crippen molar-refractivity contribution in [3.05, 3.63) is 0 Å². The highest BCUT2D eigenvalue weighted by Crippen LogP contribution is 2.29. The first-order valence-electron chi connectivity index (χ1n) is 8.04. The summed E-state index contributed by atoms with van der Waals surface area (Å²) in [7, 11) is 0. The molecule has 3 nitrogen and oxygen atoms in total. The zero-order valence-electron chi connectivity index (χ0n) is 11.9. The zero-order valence-corrected chi connectivity index (χ0v) is 11.9. The normalized spacial score (nSPS) is 32.8. The second kappa shape index (κ2) is 5.89. The highest BCUT2D eigenvalue weighted by atomic mass is 15.2. The van der Waals surface area contributed by atoms with Crippen LogP contribution in [0.4, 0.5) is 0 Å². The van der Waals surface area contributed by atoms with E-state index in [0.29, 0.717) is 6.04 Å². The highest BCUT2D eigenvalue weighted by molar-refractivity contribution is 4.92. The molecule has 0 spiro atoms. The summed E-state index contributed by atoms with van der Waals surface area (Å²) >= 11 is 0. The molecule has 2 saturated heterocycles. The molecule has 0 aromatic rings. The summed E-state index contributed by atoms with van der Waals surface area (Å²) in [6, 6.07) is 2.37. The van der Waals surface area contributed by atoms with Gasteiger partial charge in [-0.3, -0.25) is 4.90 Å². The summed E-state index contributed by atoms with van der Waals surface area (Å²) in [6.07, 6.45) is 8.53. The Morgan fingerprint density at radius 2 is 1.83 bits per heavy atom. The van der Waals surface area contributed by atoms with E-state index in [9.17, 15) is 0 Å². The van der Waals surface area contributed by atoms with Crippen molar-refractivity contribution in [1.82, 2.24) is 15.1 Å². The van der Waals surface area contributed by atoms with Gasteiger partial charge in [0.05, 0.1) is 0 Å². The molecule has 104 valence electrons. The molecule has 1 aliphatic carbocycles. The Hall–Kier alpha value is -0.120. The molecule has 0 radical (unpaired) electrons. The number of likely N-dealkylation sites (tertiary alicyclic amines) is 2. The van der Waals surface area contributed by atoms with E-state index in [2.05, 4.69) is 22.0 Å². The Balaban J connectivity index is 1.36. The fourth-order valence-corrected chi connectivity index (χ4v) is 3.68. The average molecular weight is 251 g/mol. The number of nitrogens with zero attached hydrogens (tertiary/aromatic N) is 2. The van der Waals surface area contributed by atoms with Crippen LogP contribution in [0.3, 0.4) is 0 Å². The molecule has 2 heterocycles. The third-order valence-corrected chi connectivity index (χ3v) is 4.78. The molecule has 3 rings (SSSR count). The lowest BCUT2D eigenvalue weighted by Gasteiger charge is -2.30. The van der Waals surface area contributed by atoms with E-state index in [1.807, 2.05) is 0 Å². The van der Waals surface area contributed by atoms with Gasteiger partial charge in [-0.05, 0) is 52.1 Å². The SMILES string of the molecule is CC(CN1CCCCC1)NC1CCN(C2CC2)C1. The molecule has 0 amide bonds. The van der Waals surface area contributed by atoms with E-state index < -0.39 is 0 Å². The summed E-state index contributed by atoms with van der Waals surface area (Å²) < 4.78 is 0. The van der Waals surface area contributed by atoms with Gasteiger partial charge in [-0.2, -0.15) is 0 Å². The monoisotopic (exact) mass is 251 g/mol. The number of nitrogens with one attached hydrogen (secondary N) is 1. The maximum Gasteiger partial charge on any atom is 0.0210 e. The molecule has 0 aromatic heterocycles. The first kappa shape index (κ1) is 12.9. The van der Waals surface area contributed by atoms with Gasteiger partial charge in [0, 0.05) is 37.8 Å². The molecule has 3 fully saturated rings. The van der Waals surface area contributed by atoms with Crippen LogP contribution in [0.2, 0.25) is 0 Å². The molecule has 2 aliphatic heterocycles. The van der Waals surface area contributed by atoms with Crippen molar-refractivity contribution in [2.24, 2.45) is 0 Å². The van der Waals surface area contributed by atoms with Gasteiger partial charge in [0.25, 0.3) is 0 Å². The van der Waals surface area contributed by atoms with Gasteiger partial charge in [-0.25, -0.2) is 0 Å². The second-order valence-corrected chi connectivity index (χ2v) is 6.64. The van der Waals surface area contributed by atoms with Crippen molar-refractivity contribution in [3.8, 4) is 0 Å². The summed E-state index contributed by atoms with van der Waals surface area (Å²) in [4.78, 5) is 5.35. The Kier molecular flexibility index (Phi) is 4.22. The standard InChI is InChI=1S/C15H29N3/c1-13(11-17-8-3-2-4-9-17)16-14-7-10-18(12-14)15-5-6-15/h13-16H,2-12H2,1H3. The Bertz CT molecular complexity index is 258. The number of rotatable bonds is 5. The quantitative estimate of drug-likeness (QED) is 0.802. The minimum Gasteiger partial charge on any atom is -0.309 e. The van der Waals surface area contributed by atoms with Crippen LogP contribution >= 0.6 is 0 Å². The molecule has 3 aliphatic rings. The molecule has 2 unspecified atom stereocenters. The summed E-state index contributed by atoms with van der Waals surface area (Å²) in [6.45, 7) is 8.90. The van der Waals surface area contributed by atoms with Crippen LogP contribution in [0.5, 0.6) is 0 Å². The molecule has 18 heavy (non-hydrogen) atoms. The van der Waals surface area contributed by atoms with Gasteiger partial charge < -0.3 is 10.2 Å². The molecule has 1 N–H and O–H groups in total. The predicted octanol–water partition coefficient (Wildman–Crippen LogP) is 1.69. The topological polar surface area (TPSA) is 18.5 Å². The van der Waals surface area contributed by atoms with E-state index in [4.69, 9.17) is 0 Å². The lowest BCUT2D eigenvalue weighted by molar-refractivity contribution is 0.203. The first-order valence-corrected chi connectivity index (χ1v) is 8.04. The molecule has 0 bridgehead atoms. The van der Waals surface area contributed by atoms with Gasteiger partial charge in [0.2, 0.25) is 0 Å². The number of hydrogen-bond donors (Lipinski definition) is 1. The van der Waals surface area contributed by atoms with E-state index in [0.717, 1.165) is 12.1 Å². The van der Waals surface area contributed by atoms with Crippen LogP contribution in [0, 0.1) is 0 Å². The molecular weight excluding hydrogens is 222 g/mol. The van der Waals surface area contributed by atoms with Crippen LogP contribution in [0.25, 0.3) is 0 Å². The maximum atomic E-state index is 3.86. The first-order chi connectivity index (χ1) is 8.81. The van der Waals surface area contributed by atoms with Gasteiger partial charge in [-0.1, -0.05) is 6.42 Å². The molecule has 2 atom stereocenters. The summed E-state index contributed by atoms with van der Waals surface area (Å²) in [5, 5.41) is 3.86. The Morgan fingerprint density at radius 3 is 2.56 bits per heavy atom. The van der Waals surface area contributed by atoms with Gasteiger partial charge in [-0.15, -0.1) is 0 Å². The zero-order chi connectivity index (χ0) is 12.4. The van der Waals surface area contributed by atoms with Gasteiger partial charge in [0.1, 0.15) is 0 Å². The summed E-state index contributed by atoms with van der Waals surface area (Å²) in [5.41, 5.74) is 0. The summed E-state index contributed by atoms with van der Waals surface area (Å²) in [5.74, 6) is 0. The van der Waals surface area contributed by atoms with E-state index in [1.54, 1.807) is 0 Å². The highest BCUT2D eigenvalue weighted by Gasteiger charge is 2.34. The average Bonchev–Trinajstić information content (AvgIpc) is 3.12. The van der Waals surface area contributed by atoms with Crippen molar-refractivity contribution >= 4 is 0 Å². The second-order valence-electron chi connectivity index (χ2n) is 6.64. The van der Waals surface area contributed by atoms with Crippen LogP contribution < -0.4 is 5.32 Å². The van der Waals surface area contributed by atoms with Crippen LogP contribution in [-0.4, -0.2) is 60.6 Å². The minimum atomic E-state index is 0.659. The lowest BCUT2D eigenvalue weighted by Crippen LogP contribution is -2.46.